The van der Waals surface area contributed by atoms with E-state index in [9.17, 15) is 9.36 Å². The van der Waals surface area contributed by atoms with Crippen LogP contribution in [0.15, 0.2) is 0 Å². The van der Waals surface area contributed by atoms with Crippen molar-refractivity contribution in [2.75, 3.05) is 12.8 Å². The van der Waals surface area contributed by atoms with Crippen molar-refractivity contribution >= 4 is 13.4 Å². The molecule has 0 amide bonds. The van der Waals surface area contributed by atoms with Gasteiger partial charge in [0.15, 0.2) is 0 Å². The van der Waals surface area contributed by atoms with Crippen molar-refractivity contribution in [2.45, 2.75) is 20.0 Å². The Morgan fingerprint density at radius 3 is 2.73 bits per heavy atom. The van der Waals surface area contributed by atoms with E-state index in [0.717, 1.165) is 0 Å². The Kier molecular flexibility index (Phi) is 2.47. The fraction of sp³-hybridized carbons (Fsp3) is 0.833. The first-order chi connectivity index (χ1) is 5.02. The Morgan fingerprint density at radius 2 is 2.36 bits per heavy atom. The predicted molar refractivity (Wildman–Crippen MR) is 39.7 cm³/mol. The molecule has 1 saturated heterocycles. The van der Waals surface area contributed by atoms with Crippen LogP contribution in [0, 0.1) is 0 Å². The molecule has 5 heteroatoms. The van der Waals surface area contributed by atoms with Gasteiger partial charge in [-0.15, -0.1) is 0 Å². The fourth-order valence-corrected chi connectivity index (χ4v) is 2.73. The quantitative estimate of drug-likeness (QED) is 0.596. The maximum Gasteiger partial charge on any atom is 0.338 e. The maximum atomic E-state index is 11.4. The molecule has 0 aromatic rings. The molecule has 1 heterocycles. The van der Waals surface area contributed by atoms with Crippen molar-refractivity contribution in [1.29, 1.82) is 0 Å². The van der Waals surface area contributed by atoms with E-state index in [1.165, 1.54) is 6.92 Å². The van der Waals surface area contributed by atoms with Crippen LogP contribution < -0.4 is 0 Å². The summed E-state index contributed by atoms with van der Waals surface area (Å²) in [7, 11) is -3.03. The number of ketones is 1. The monoisotopic (exact) mass is 178 g/mol. The van der Waals surface area contributed by atoms with Crippen LogP contribution in [0.3, 0.4) is 0 Å². The van der Waals surface area contributed by atoms with Gasteiger partial charge in [0.1, 0.15) is 11.9 Å². The highest BCUT2D eigenvalue weighted by Gasteiger charge is 2.35. The second-order valence-electron chi connectivity index (χ2n) is 2.68. The highest BCUT2D eigenvalue weighted by atomic mass is 31.2. The lowest BCUT2D eigenvalue weighted by molar-refractivity contribution is -0.114. The Labute approximate surface area is 65.4 Å². The summed E-state index contributed by atoms with van der Waals surface area (Å²) in [4.78, 5) is 10.6. The number of carbonyl (C=O) groups excluding carboxylic acids is 1. The summed E-state index contributed by atoms with van der Waals surface area (Å²) in [5.41, 5.74) is 0. The van der Waals surface area contributed by atoms with E-state index in [1.54, 1.807) is 6.92 Å². The lowest BCUT2D eigenvalue weighted by Gasteiger charge is -2.06. The topological polar surface area (TPSA) is 52.6 Å². The lowest BCUT2D eigenvalue weighted by Crippen LogP contribution is -2.02. The molecule has 0 saturated carbocycles. The molecule has 1 aliphatic heterocycles. The van der Waals surface area contributed by atoms with Crippen LogP contribution in [0.1, 0.15) is 13.8 Å². The fourth-order valence-electron chi connectivity index (χ4n) is 0.909. The minimum Gasteiger partial charge on any atom is -0.306 e. The second-order valence-corrected chi connectivity index (χ2v) is 4.69. The van der Waals surface area contributed by atoms with Crippen LogP contribution in [0.5, 0.6) is 0 Å². The zero-order valence-corrected chi connectivity index (χ0v) is 7.47. The zero-order chi connectivity index (χ0) is 8.48. The van der Waals surface area contributed by atoms with Gasteiger partial charge < -0.3 is 9.05 Å². The highest BCUT2D eigenvalue weighted by Crippen LogP contribution is 2.53. The highest BCUT2D eigenvalue weighted by molar-refractivity contribution is 7.55. The van der Waals surface area contributed by atoms with Crippen LogP contribution in [-0.2, 0) is 18.4 Å². The Balaban J connectivity index is 2.56. The first-order valence-corrected chi connectivity index (χ1v) is 5.16. The first kappa shape index (κ1) is 8.91. The predicted octanol–water partition coefficient (Wildman–Crippen LogP) is 1.20. The number of carbonyl (C=O) groups is 1. The molecule has 1 rings (SSSR count). The molecule has 4 nitrogen and oxygen atoms in total. The molecular formula is C6H11O4P. The third-order valence-corrected chi connectivity index (χ3v) is 3.32. The lowest BCUT2D eigenvalue weighted by atomic mass is 10.5. The van der Waals surface area contributed by atoms with Gasteiger partial charge >= 0.3 is 7.60 Å². The normalized spacial score (nSPS) is 37.5. The maximum absolute atomic E-state index is 11.4. The van der Waals surface area contributed by atoms with Gasteiger partial charge in [0, 0.05) is 0 Å². The van der Waals surface area contributed by atoms with E-state index in [-0.39, 0.29) is 18.0 Å². The van der Waals surface area contributed by atoms with E-state index in [4.69, 9.17) is 9.05 Å². The molecule has 0 radical (unpaired) electrons. The van der Waals surface area contributed by atoms with Crippen LogP contribution >= 0.6 is 7.60 Å². The summed E-state index contributed by atoms with van der Waals surface area (Å²) in [5, 5.41) is 0. The van der Waals surface area contributed by atoms with Crippen LogP contribution in [-0.4, -0.2) is 24.7 Å². The van der Waals surface area contributed by atoms with Gasteiger partial charge in [0.05, 0.1) is 12.7 Å². The van der Waals surface area contributed by atoms with Crippen LogP contribution in [0.4, 0.5) is 0 Å². The van der Waals surface area contributed by atoms with E-state index >= 15 is 0 Å². The SMILES string of the molecule is CC(=O)CP1(=O)OCC(C)O1. The molecule has 0 spiro atoms. The van der Waals surface area contributed by atoms with Crippen molar-refractivity contribution in [3.8, 4) is 0 Å². The Bertz CT molecular complexity index is 213. The smallest absolute Gasteiger partial charge is 0.306 e. The van der Waals surface area contributed by atoms with E-state index in [1.807, 2.05) is 0 Å². The average molecular weight is 178 g/mol. The van der Waals surface area contributed by atoms with Crippen LogP contribution in [0.2, 0.25) is 0 Å². The van der Waals surface area contributed by atoms with Gasteiger partial charge in [0.25, 0.3) is 0 Å². The van der Waals surface area contributed by atoms with Gasteiger partial charge in [-0.3, -0.25) is 9.36 Å². The molecule has 1 fully saturated rings. The molecule has 2 unspecified atom stereocenters. The molecule has 0 N–H and O–H groups in total. The first-order valence-electron chi connectivity index (χ1n) is 3.43. The van der Waals surface area contributed by atoms with E-state index in [0.29, 0.717) is 6.61 Å². The summed E-state index contributed by atoms with van der Waals surface area (Å²) in [5.74, 6) is -0.164. The van der Waals surface area contributed by atoms with Crippen molar-refractivity contribution in [1.82, 2.24) is 0 Å². The molecule has 0 bridgehead atoms. The molecular weight excluding hydrogens is 167 g/mol. The van der Waals surface area contributed by atoms with Gasteiger partial charge in [0.2, 0.25) is 0 Å². The summed E-state index contributed by atoms with van der Waals surface area (Å²) in [6.45, 7) is 3.46. The standard InChI is InChI=1S/C6H11O4P/c1-5(7)4-11(8)9-3-6(2)10-11/h6H,3-4H2,1-2H3. The van der Waals surface area contributed by atoms with E-state index < -0.39 is 7.60 Å². The molecule has 1 aliphatic rings. The Hall–Kier alpha value is -0.180. The second kappa shape index (κ2) is 3.05. The number of rotatable bonds is 2. The largest absolute Gasteiger partial charge is 0.338 e. The molecule has 64 valence electrons. The molecule has 0 aliphatic carbocycles. The molecule has 2 atom stereocenters. The summed E-state index contributed by atoms with van der Waals surface area (Å²) in [6.07, 6.45) is -0.252. The minimum absolute atomic E-state index is 0.0999. The summed E-state index contributed by atoms with van der Waals surface area (Å²) in [6, 6.07) is 0. The number of Topliss-reactive ketones (excluding diaryl/α,β-unsaturated/α-hetero) is 1. The number of hydrogen-bond donors (Lipinski definition) is 0. The average Bonchev–Trinajstić information content (AvgIpc) is 2.08. The number of hydrogen-bond acceptors (Lipinski definition) is 4. The van der Waals surface area contributed by atoms with Crippen molar-refractivity contribution in [3.63, 3.8) is 0 Å². The van der Waals surface area contributed by atoms with Crippen LogP contribution in [0.25, 0.3) is 0 Å². The van der Waals surface area contributed by atoms with Gasteiger partial charge in [-0.05, 0) is 13.8 Å². The van der Waals surface area contributed by atoms with Crippen molar-refractivity contribution in [3.05, 3.63) is 0 Å². The van der Waals surface area contributed by atoms with Gasteiger partial charge in [-0.1, -0.05) is 0 Å². The third kappa shape index (κ3) is 2.40. The molecule has 0 aromatic heterocycles. The third-order valence-electron chi connectivity index (χ3n) is 1.26. The van der Waals surface area contributed by atoms with Gasteiger partial charge in [-0.2, -0.15) is 0 Å². The van der Waals surface area contributed by atoms with Crippen molar-refractivity contribution < 1.29 is 18.4 Å². The zero-order valence-electron chi connectivity index (χ0n) is 6.57. The van der Waals surface area contributed by atoms with Gasteiger partial charge in [-0.25, -0.2) is 0 Å². The molecule has 11 heavy (non-hydrogen) atoms. The molecule has 0 aromatic carbocycles. The Morgan fingerprint density at radius 1 is 1.73 bits per heavy atom. The summed E-state index contributed by atoms with van der Waals surface area (Å²) >= 11 is 0. The van der Waals surface area contributed by atoms with E-state index in [2.05, 4.69) is 0 Å². The van der Waals surface area contributed by atoms with Crippen molar-refractivity contribution in [2.24, 2.45) is 0 Å². The summed E-state index contributed by atoms with van der Waals surface area (Å²) < 4.78 is 21.2. The minimum atomic E-state index is -3.03.